The average Bonchev–Trinajstić information content (AvgIpc) is 2.71. The molecule has 0 aromatic heterocycles. The topological polar surface area (TPSA) is 20.3 Å². The third kappa shape index (κ3) is 13.6. The molecular weight excluding hydrogens is 342 g/mol. The first-order chi connectivity index (χ1) is 13.7. The highest BCUT2D eigenvalue weighted by molar-refractivity contribution is 5.75. The Kier molecular flexibility index (Phi) is 15.3. The molecule has 1 aromatic rings. The van der Waals surface area contributed by atoms with Gasteiger partial charge in [0.05, 0.1) is 0 Å². The molecule has 2 nitrogen and oxygen atoms in total. The molecule has 1 aromatic carbocycles. The van der Waals surface area contributed by atoms with Crippen molar-refractivity contribution < 1.29 is 4.79 Å². The van der Waals surface area contributed by atoms with E-state index >= 15 is 0 Å². The minimum Gasteiger partial charge on any atom is -0.341 e. The van der Waals surface area contributed by atoms with Crippen molar-refractivity contribution in [3.63, 3.8) is 0 Å². The Morgan fingerprint density at radius 1 is 0.786 bits per heavy atom. The second kappa shape index (κ2) is 17.5. The highest BCUT2D eigenvalue weighted by Crippen LogP contribution is 2.11. The second-order valence-electron chi connectivity index (χ2n) is 8.07. The molecule has 0 N–H and O–H groups in total. The number of unbranched alkanes of at least 4 members (excludes halogenated alkanes) is 11. The zero-order valence-corrected chi connectivity index (χ0v) is 18.5. The number of rotatable bonds is 17. The predicted octanol–water partition coefficient (Wildman–Crippen LogP) is 7.68. The zero-order valence-electron chi connectivity index (χ0n) is 18.5. The minimum absolute atomic E-state index is 0.265. The van der Waals surface area contributed by atoms with E-state index in [1.54, 1.807) is 0 Å². The fourth-order valence-corrected chi connectivity index (χ4v) is 3.48. The summed E-state index contributed by atoms with van der Waals surface area (Å²) in [6.07, 6.45) is 22.2. The van der Waals surface area contributed by atoms with E-state index in [1.165, 1.54) is 82.6 Å². The Morgan fingerprint density at radius 3 is 1.93 bits per heavy atom. The van der Waals surface area contributed by atoms with E-state index in [4.69, 9.17) is 0 Å². The van der Waals surface area contributed by atoms with Gasteiger partial charge in [-0.1, -0.05) is 101 Å². The second-order valence-corrected chi connectivity index (χ2v) is 8.07. The van der Waals surface area contributed by atoms with E-state index in [2.05, 4.69) is 31.2 Å². The molecular formula is C26H43NO. The van der Waals surface area contributed by atoms with Gasteiger partial charge in [0.2, 0.25) is 5.91 Å². The molecule has 0 saturated heterocycles. The number of nitrogens with zero attached hydrogens (tertiary/aromatic N) is 1. The predicted molar refractivity (Wildman–Crippen MR) is 122 cm³/mol. The van der Waals surface area contributed by atoms with Crippen molar-refractivity contribution in [3.05, 3.63) is 48.0 Å². The highest BCUT2D eigenvalue weighted by Gasteiger charge is 2.08. The molecule has 0 radical (unpaired) electrons. The van der Waals surface area contributed by atoms with Crippen molar-refractivity contribution in [2.45, 2.75) is 103 Å². The lowest BCUT2D eigenvalue weighted by atomic mass is 10.1. The van der Waals surface area contributed by atoms with Gasteiger partial charge in [0.1, 0.15) is 0 Å². The molecule has 0 aliphatic heterocycles. The first-order valence-corrected chi connectivity index (χ1v) is 11.7. The van der Waals surface area contributed by atoms with Gasteiger partial charge >= 0.3 is 0 Å². The van der Waals surface area contributed by atoms with Crippen molar-refractivity contribution in [1.29, 1.82) is 0 Å². The first kappa shape index (κ1) is 24.5. The SMILES string of the molecule is CCCCCCCCC=CCCCCCCCC(=O)N(C)Cc1ccccc1. The summed E-state index contributed by atoms with van der Waals surface area (Å²) in [6.45, 7) is 2.98. The molecule has 0 saturated carbocycles. The van der Waals surface area contributed by atoms with Crippen LogP contribution in [0.25, 0.3) is 0 Å². The Bertz CT molecular complexity index is 508. The largest absolute Gasteiger partial charge is 0.341 e. The average molecular weight is 386 g/mol. The summed E-state index contributed by atoms with van der Waals surface area (Å²) in [5.41, 5.74) is 1.20. The molecule has 1 amide bonds. The maximum absolute atomic E-state index is 12.2. The molecule has 0 bridgehead atoms. The third-order valence-electron chi connectivity index (χ3n) is 5.34. The van der Waals surface area contributed by atoms with Crippen LogP contribution in [0.3, 0.4) is 0 Å². The van der Waals surface area contributed by atoms with Crippen molar-refractivity contribution >= 4 is 5.91 Å². The monoisotopic (exact) mass is 385 g/mol. The molecule has 2 heteroatoms. The van der Waals surface area contributed by atoms with Crippen LogP contribution in [-0.4, -0.2) is 17.9 Å². The lowest BCUT2D eigenvalue weighted by Gasteiger charge is -2.17. The molecule has 0 unspecified atom stereocenters. The van der Waals surface area contributed by atoms with Gasteiger partial charge < -0.3 is 4.90 Å². The Labute approximate surface area is 174 Å². The minimum atomic E-state index is 0.265. The molecule has 28 heavy (non-hydrogen) atoms. The molecule has 0 aliphatic carbocycles. The van der Waals surface area contributed by atoms with Crippen LogP contribution in [0.15, 0.2) is 42.5 Å². The van der Waals surface area contributed by atoms with Crippen molar-refractivity contribution in [2.24, 2.45) is 0 Å². The van der Waals surface area contributed by atoms with Crippen LogP contribution in [0.4, 0.5) is 0 Å². The van der Waals surface area contributed by atoms with Gasteiger partial charge in [0.15, 0.2) is 0 Å². The maximum Gasteiger partial charge on any atom is 0.222 e. The Morgan fingerprint density at radius 2 is 1.32 bits per heavy atom. The fraction of sp³-hybridized carbons (Fsp3) is 0.654. The van der Waals surface area contributed by atoms with Crippen molar-refractivity contribution in [1.82, 2.24) is 4.90 Å². The van der Waals surface area contributed by atoms with Crippen LogP contribution in [0, 0.1) is 0 Å². The van der Waals surface area contributed by atoms with Crippen LogP contribution in [0.1, 0.15) is 102 Å². The number of benzene rings is 1. The van der Waals surface area contributed by atoms with E-state index in [0.717, 1.165) is 6.42 Å². The maximum atomic E-state index is 12.2. The van der Waals surface area contributed by atoms with E-state index in [0.29, 0.717) is 13.0 Å². The molecule has 0 aliphatic rings. The van der Waals surface area contributed by atoms with E-state index in [-0.39, 0.29) is 5.91 Å². The van der Waals surface area contributed by atoms with Gasteiger partial charge in [-0.3, -0.25) is 4.79 Å². The molecule has 0 spiro atoms. The smallest absolute Gasteiger partial charge is 0.222 e. The zero-order chi connectivity index (χ0) is 20.3. The van der Waals surface area contributed by atoms with Gasteiger partial charge in [-0.2, -0.15) is 0 Å². The first-order valence-electron chi connectivity index (χ1n) is 11.7. The van der Waals surface area contributed by atoms with Gasteiger partial charge in [0.25, 0.3) is 0 Å². The number of carbonyl (C=O) groups excluding carboxylic acids is 1. The van der Waals surface area contributed by atoms with Crippen LogP contribution in [-0.2, 0) is 11.3 Å². The summed E-state index contributed by atoms with van der Waals surface area (Å²) < 4.78 is 0. The quantitative estimate of drug-likeness (QED) is 0.199. The number of hydrogen-bond donors (Lipinski definition) is 0. The summed E-state index contributed by atoms with van der Waals surface area (Å²) >= 11 is 0. The summed E-state index contributed by atoms with van der Waals surface area (Å²) in [5.74, 6) is 0.265. The normalized spacial score (nSPS) is 11.2. The van der Waals surface area contributed by atoms with Crippen LogP contribution < -0.4 is 0 Å². The lowest BCUT2D eigenvalue weighted by molar-refractivity contribution is -0.130. The van der Waals surface area contributed by atoms with Crippen LogP contribution in [0.2, 0.25) is 0 Å². The number of carbonyl (C=O) groups is 1. The lowest BCUT2D eigenvalue weighted by Crippen LogP contribution is -2.25. The summed E-state index contributed by atoms with van der Waals surface area (Å²) in [5, 5.41) is 0. The van der Waals surface area contributed by atoms with Gasteiger partial charge in [-0.25, -0.2) is 0 Å². The van der Waals surface area contributed by atoms with Gasteiger partial charge in [-0.15, -0.1) is 0 Å². The highest BCUT2D eigenvalue weighted by atomic mass is 16.2. The molecule has 0 heterocycles. The van der Waals surface area contributed by atoms with Crippen molar-refractivity contribution in [3.8, 4) is 0 Å². The third-order valence-corrected chi connectivity index (χ3v) is 5.34. The van der Waals surface area contributed by atoms with Gasteiger partial charge in [-0.05, 0) is 37.7 Å². The van der Waals surface area contributed by atoms with Crippen LogP contribution in [0.5, 0.6) is 0 Å². The molecule has 1 rings (SSSR count). The van der Waals surface area contributed by atoms with Crippen molar-refractivity contribution in [2.75, 3.05) is 7.05 Å². The van der Waals surface area contributed by atoms with Crippen LogP contribution >= 0.6 is 0 Å². The Balaban J connectivity index is 1.89. The van der Waals surface area contributed by atoms with Gasteiger partial charge in [0, 0.05) is 20.0 Å². The van der Waals surface area contributed by atoms with E-state index in [1.807, 2.05) is 30.1 Å². The number of amides is 1. The summed E-state index contributed by atoms with van der Waals surface area (Å²) in [6, 6.07) is 10.2. The summed E-state index contributed by atoms with van der Waals surface area (Å²) in [7, 11) is 1.91. The van der Waals surface area contributed by atoms with E-state index in [9.17, 15) is 4.79 Å². The fourth-order valence-electron chi connectivity index (χ4n) is 3.48. The summed E-state index contributed by atoms with van der Waals surface area (Å²) in [4.78, 5) is 14.0. The number of hydrogen-bond acceptors (Lipinski definition) is 1. The molecule has 0 fully saturated rings. The molecule has 158 valence electrons. The number of allylic oxidation sites excluding steroid dienone is 2. The Hall–Kier alpha value is -1.57. The van der Waals surface area contributed by atoms with E-state index < -0.39 is 0 Å². The standard InChI is InChI=1S/C26H43NO/c1-3-4-5-6-7-8-9-10-11-12-13-14-15-16-20-23-26(28)27(2)24-25-21-18-17-19-22-25/h10-11,17-19,21-22H,3-9,12-16,20,23-24H2,1-2H3. The molecule has 0 atom stereocenters.